The molecular formula is C28H18ClN3O6S. The van der Waals surface area contributed by atoms with Crippen molar-refractivity contribution in [2.75, 3.05) is 0 Å². The van der Waals surface area contributed by atoms with E-state index in [1.54, 1.807) is 30.3 Å². The van der Waals surface area contributed by atoms with Gasteiger partial charge in [-0.25, -0.2) is 9.79 Å². The second-order valence-electron chi connectivity index (χ2n) is 8.36. The summed E-state index contributed by atoms with van der Waals surface area (Å²) in [6, 6.07) is 22.8. The minimum atomic E-state index is -1.03. The molecule has 1 N–H and O–H groups in total. The molecule has 0 unspecified atom stereocenters. The van der Waals surface area contributed by atoms with Crippen LogP contribution in [0.2, 0.25) is 5.02 Å². The first kappa shape index (κ1) is 26.0. The molecule has 0 atom stereocenters. The van der Waals surface area contributed by atoms with Crippen molar-refractivity contribution >= 4 is 57.9 Å². The number of nitro groups is 1. The quantitative estimate of drug-likeness (QED) is 0.146. The van der Waals surface area contributed by atoms with Crippen LogP contribution in [0.3, 0.4) is 0 Å². The number of carboxylic acid groups (broad SMARTS) is 1. The summed E-state index contributed by atoms with van der Waals surface area (Å²) in [6.07, 6.45) is 1.58. The number of furan rings is 1. The predicted octanol–water partition coefficient (Wildman–Crippen LogP) is 7.01. The maximum atomic E-state index is 13.5. The van der Waals surface area contributed by atoms with Crippen LogP contribution in [0.15, 0.2) is 99.2 Å². The molecule has 1 fully saturated rings. The molecule has 2 heterocycles. The van der Waals surface area contributed by atoms with E-state index in [9.17, 15) is 19.7 Å². The average Bonchev–Trinajstić information content (AvgIpc) is 3.50. The number of carboxylic acids is 1. The van der Waals surface area contributed by atoms with Crippen LogP contribution >= 0.6 is 23.4 Å². The third kappa shape index (κ3) is 5.77. The number of nitro benzene ring substituents is 1. The van der Waals surface area contributed by atoms with Gasteiger partial charge in [0.2, 0.25) is 0 Å². The number of hydrogen-bond acceptors (Lipinski definition) is 7. The van der Waals surface area contributed by atoms with E-state index in [-0.39, 0.29) is 28.7 Å². The van der Waals surface area contributed by atoms with Crippen molar-refractivity contribution in [2.45, 2.75) is 6.54 Å². The Bertz CT molecular complexity index is 1650. The van der Waals surface area contributed by atoms with Crippen molar-refractivity contribution in [3.63, 3.8) is 0 Å². The second-order valence-corrected chi connectivity index (χ2v) is 9.77. The van der Waals surface area contributed by atoms with Crippen LogP contribution in [0, 0.1) is 10.1 Å². The SMILES string of the molecule is O=C(O)c1ccc(CN2C(=O)/C(=C/c3ccc(-c4cc([N+](=O)[O-])ccc4Cl)o3)SC2=Nc2ccccc2)cc1. The number of non-ortho nitro benzene ring substituents is 1. The summed E-state index contributed by atoms with van der Waals surface area (Å²) in [5.41, 5.74) is 1.79. The van der Waals surface area contributed by atoms with Gasteiger partial charge >= 0.3 is 5.97 Å². The van der Waals surface area contributed by atoms with E-state index < -0.39 is 10.9 Å². The lowest BCUT2D eigenvalue weighted by Crippen LogP contribution is -2.28. The highest BCUT2D eigenvalue weighted by molar-refractivity contribution is 8.18. The van der Waals surface area contributed by atoms with Crippen LogP contribution < -0.4 is 0 Å². The van der Waals surface area contributed by atoms with E-state index >= 15 is 0 Å². The van der Waals surface area contributed by atoms with Gasteiger partial charge in [-0.2, -0.15) is 0 Å². The molecule has 11 heteroatoms. The normalized spacial score (nSPS) is 15.3. The molecule has 194 valence electrons. The Balaban J connectivity index is 1.46. The molecule has 0 bridgehead atoms. The number of hydrogen-bond donors (Lipinski definition) is 1. The average molecular weight is 560 g/mol. The number of nitrogens with zero attached hydrogens (tertiary/aromatic N) is 3. The van der Waals surface area contributed by atoms with Crippen LogP contribution in [-0.4, -0.2) is 32.0 Å². The Morgan fingerprint density at radius 3 is 2.51 bits per heavy atom. The lowest BCUT2D eigenvalue weighted by Gasteiger charge is -2.16. The Morgan fingerprint density at radius 2 is 1.82 bits per heavy atom. The number of thioether (sulfide) groups is 1. The van der Waals surface area contributed by atoms with Gasteiger partial charge in [0.05, 0.1) is 32.6 Å². The lowest BCUT2D eigenvalue weighted by molar-refractivity contribution is -0.384. The number of carbonyl (C=O) groups is 2. The number of amidine groups is 1. The van der Waals surface area contributed by atoms with E-state index in [0.29, 0.717) is 32.8 Å². The first-order chi connectivity index (χ1) is 18.8. The van der Waals surface area contributed by atoms with E-state index in [4.69, 9.17) is 21.1 Å². The van der Waals surface area contributed by atoms with Gasteiger partial charge in [0, 0.05) is 23.8 Å². The van der Waals surface area contributed by atoms with E-state index in [1.807, 2.05) is 30.3 Å². The van der Waals surface area contributed by atoms with Crippen molar-refractivity contribution in [2.24, 2.45) is 4.99 Å². The fourth-order valence-corrected chi connectivity index (χ4v) is 4.99. The summed E-state index contributed by atoms with van der Waals surface area (Å²) in [6.45, 7) is 0.182. The molecule has 9 nitrogen and oxygen atoms in total. The van der Waals surface area contributed by atoms with Gasteiger partial charge < -0.3 is 9.52 Å². The van der Waals surface area contributed by atoms with Crippen molar-refractivity contribution in [1.29, 1.82) is 0 Å². The maximum absolute atomic E-state index is 13.5. The van der Waals surface area contributed by atoms with Gasteiger partial charge in [0.1, 0.15) is 11.5 Å². The standard InChI is InChI=1S/C28H18ClN3O6S/c29-23-12-10-20(32(36)37)14-22(23)24-13-11-21(38-24)15-25-26(33)31(16-17-6-8-18(9-7-17)27(34)35)28(39-25)30-19-4-2-1-3-5-19/h1-15H,16H2,(H,34,35)/b25-15-,30-28?. The van der Waals surface area contributed by atoms with Crippen molar-refractivity contribution < 1.29 is 24.0 Å². The Kier molecular flexibility index (Phi) is 7.31. The van der Waals surface area contributed by atoms with Crippen LogP contribution in [0.4, 0.5) is 11.4 Å². The van der Waals surface area contributed by atoms with Crippen LogP contribution in [0.1, 0.15) is 21.7 Å². The minimum Gasteiger partial charge on any atom is -0.478 e. The Hall–Kier alpha value is -4.67. The number of benzene rings is 3. The number of carbonyl (C=O) groups excluding carboxylic acids is 1. The molecule has 5 rings (SSSR count). The zero-order chi connectivity index (χ0) is 27.5. The van der Waals surface area contributed by atoms with Crippen LogP contribution in [0.5, 0.6) is 0 Å². The lowest BCUT2D eigenvalue weighted by atomic mass is 10.1. The molecule has 0 saturated carbocycles. The summed E-state index contributed by atoms with van der Waals surface area (Å²) in [7, 11) is 0. The maximum Gasteiger partial charge on any atom is 0.335 e. The molecule has 1 amide bonds. The molecule has 0 radical (unpaired) electrons. The zero-order valence-electron chi connectivity index (χ0n) is 20.0. The summed E-state index contributed by atoms with van der Waals surface area (Å²) in [5.74, 6) is -0.659. The van der Waals surface area contributed by atoms with E-state index in [2.05, 4.69) is 4.99 Å². The molecule has 1 aliphatic heterocycles. The largest absolute Gasteiger partial charge is 0.478 e. The molecule has 1 aromatic heterocycles. The number of para-hydroxylation sites is 1. The number of halogens is 1. The van der Waals surface area contributed by atoms with Crippen molar-refractivity contribution in [3.05, 3.63) is 122 Å². The highest BCUT2D eigenvalue weighted by Crippen LogP contribution is 2.37. The molecule has 4 aromatic rings. The van der Waals surface area contributed by atoms with Gasteiger partial charge in [-0.1, -0.05) is 41.9 Å². The fourth-order valence-electron chi connectivity index (χ4n) is 3.80. The molecule has 1 saturated heterocycles. The summed E-state index contributed by atoms with van der Waals surface area (Å²) >= 11 is 7.42. The highest BCUT2D eigenvalue weighted by Gasteiger charge is 2.34. The molecule has 3 aromatic carbocycles. The van der Waals surface area contributed by atoms with Crippen LogP contribution in [-0.2, 0) is 11.3 Å². The highest BCUT2D eigenvalue weighted by atomic mass is 35.5. The van der Waals surface area contributed by atoms with Crippen LogP contribution in [0.25, 0.3) is 17.4 Å². The smallest absolute Gasteiger partial charge is 0.335 e. The summed E-state index contributed by atoms with van der Waals surface area (Å²) < 4.78 is 5.88. The van der Waals surface area contributed by atoms with Gasteiger partial charge in [-0.3, -0.25) is 19.8 Å². The Labute approximate surface area is 231 Å². The minimum absolute atomic E-state index is 0.124. The topological polar surface area (TPSA) is 126 Å². The Morgan fingerprint density at radius 1 is 1.08 bits per heavy atom. The van der Waals surface area contributed by atoms with E-state index in [0.717, 1.165) is 5.56 Å². The molecule has 0 spiro atoms. The van der Waals surface area contributed by atoms with Crippen molar-refractivity contribution in [3.8, 4) is 11.3 Å². The van der Waals surface area contributed by atoms with Gasteiger partial charge in [0.25, 0.3) is 11.6 Å². The van der Waals surface area contributed by atoms with Gasteiger partial charge in [-0.15, -0.1) is 0 Å². The number of aliphatic imine (C=N–C) groups is 1. The molecule has 39 heavy (non-hydrogen) atoms. The third-order valence-corrected chi connectivity index (χ3v) is 7.07. The summed E-state index contributed by atoms with van der Waals surface area (Å²) in [4.78, 5) is 41.8. The van der Waals surface area contributed by atoms with Crippen molar-refractivity contribution in [1.82, 2.24) is 4.90 Å². The second kappa shape index (κ2) is 11.0. The first-order valence-corrected chi connectivity index (χ1v) is 12.7. The van der Waals surface area contributed by atoms with Gasteiger partial charge in [0.15, 0.2) is 5.17 Å². The molecule has 1 aliphatic rings. The van der Waals surface area contributed by atoms with E-state index in [1.165, 1.54) is 47.0 Å². The first-order valence-electron chi connectivity index (χ1n) is 11.5. The number of amides is 1. The third-order valence-electron chi connectivity index (χ3n) is 5.74. The number of rotatable bonds is 7. The van der Waals surface area contributed by atoms with Gasteiger partial charge in [-0.05, 0) is 59.8 Å². The summed E-state index contributed by atoms with van der Waals surface area (Å²) in [5, 5.41) is 21.1. The number of aromatic carboxylic acids is 1. The predicted molar refractivity (Wildman–Crippen MR) is 149 cm³/mol. The fraction of sp³-hybridized carbons (Fsp3) is 0.0357. The molecular weight excluding hydrogens is 542 g/mol. The monoisotopic (exact) mass is 559 g/mol. The molecule has 0 aliphatic carbocycles. The zero-order valence-corrected chi connectivity index (χ0v) is 21.6.